The van der Waals surface area contributed by atoms with Gasteiger partial charge >= 0.3 is 0 Å². The molecule has 2 aliphatic rings. The van der Waals surface area contributed by atoms with Crippen LogP contribution in [0.2, 0.25) is 0 Å². The van der Waals surface area contributed by atoms with Crippen LogP contribution in [0.25, 0.3) is 0 Å². The Bertz CT molecular complexity index is 1010. The normalized spacial score (nSPS) is 17.2. The fourth-order valence-corrected chi connectivity index (χ4v) is 5.80. The zero-order chi connectivity index (χ0) is 21.0. The Morgan fingerprint density at radius 1 is 0.867 bits per heavy atom. The van der Waals surface area contributed by atoms with E-state index in [4.69, 9.17) is 0 Å². The van der Waals surface area contributed by atoms with Crippen molar-refractivity contribution in [2.24, 2.45) is 0 Å². The van der Waals surface area contributed by atoms with Crippen molar-refractivity contribution in [3.05, 3.63) is 53.6 Å². The number of benzene rings is 2. The van der Waals surface area contributed by atoms with Gasteiger partial charge in [-0.3, -0.25) is 4.79 Å². The summed E-state index contributed by atoms with van der Waals surface area (Å²) in [6.07, 6.45) is 7.31. The highest BCUT2D eigenvalue weighted by molar-refractivity contribution is 7.89. The molecule has 1 amide bonds. The smallest absolute Gasteiger partial charge is 0.243 e. The van der Waals surface area contributed by atoms with Gasteiger partial charge in [0, 0.05) is 24.5 Å². The quantitative estimate of drug-likeness (QED) is 0.735. The molecular weight excluding hydrogens is 398 g/mol. The van der Waals surface area contributed by atoms with E-state index in [1.165, 1.54) is 17.5 Å². The van der Waals surface area contributed by atoms with E-state index in [2.05, 4.69) is 22.8 Å². The van der Waals surface area contributed by atoms with Gasteiger partial charge in [0.2, 0.25) is 15.9 Å². The van der Waals surface area contributed by atoms with Crippen LogP contribution in [0.15, 0.2) is 47.4 Å². The molecular formula is C23H29N3O3S. The molecule has 4 rings (SSSR count). The molecule has 0 saturated carbocycles. The van der Waals surface area contributed by atoms with Crippen molar-refractivity contribution >= 4 is 27.3 Å². The second-order valence-electron chi connectivity index (χ2n) is 8.08. The van der Waals surface area contributed by atoms with Gasteiger partial charge in [-0.05, 0) is 73.6 Å². The predicted molar refractivity (Wildman–Crippen MR) is 119 cm³/mol. The number of nitrogens with zero attached hydrogens (tertiary/aromatic N) is 1. The fraction of sp³-hybridized carbons (Fsp3) is 0.435. The number of nitrogens with one attached hydrogen (secondary N) is 2. The minimum atomic E-state index is -3.51. The van der Waals surface area contributed by atoms with Crippen LogP contribution in [0, 0.1) is 0 Å². The van der Waals surface area contributed by atoms with Gasteiger partial charge < -0.3 is 10.6 Å². The Morgan fingerprint density at radius 3 is 2.43 bits per heavy atom. The Kier molecular flexibility index (Phi) is 6.39. The third kappa shape index (κ3) is 4.84. The van der Waals surface area contributed by atoms with Crippen molar-refractivity contribution < 1.29 is 13.2 Å². The zero-order valence-corrected chi connectivity index (χ0v) is 18.0. The summed E-state index contributed by atoms with van der Waals surface area (Å²) < 4.78 is 27.5. The molecule has 2 N–H and O–H groups in total. The van der Waals surface area contributed by atoms with Crippen LogP contribution in [0.5, 0.6) is 0 Å². The minimum Gasteiger partial charge on any atom is -0.376 e. The third-order valence-corrected chi connectivity index (χ3v) is 7.77. The predicted octanol–water partition coefficient (Wildman–Crippen LogP) is 3.79. The molecule has 0 atom stereocenters. The monoisotopic (exact) mass is 427 g/mol. The molecule has 2 aromatic carbocycles. The highest BCUT2D eigenvalue weighted by atomic mass is 32.2. The Hall–Kier alpha value is -2.38. The lowest BCUT2D eigenvalue weighted by atomic mass is 10.1. The van der Waals surface area contributed by atoms with Crippen LogP contribution in [-0.4, -0.2) is 38.3 Å². The average Bonchev–Trinajstić information content (AvgIpc) is 3.03. The average molecular weight is 428 g/mol. The number of carbonyl (C=O) groups is 1. The van der Waals surface area contributed by atoms with Gasteiger partial charge in [0.05, 0.1) is 11.4 Å². The first-order valence-electron chi connectivity index (χ1n) is 10.8. The van der Waals surface area contributed by atoms with Crippen LogP contribution in [0.4, 0.5) is 11.4 Å². The van der Waals surface area contributed by atoms with Gasteiger partial charge in [-0.25, -0.2) is 8.42 Å². The summed E-state index contributed by atoms with van der Waals surface area (Å²) in [6.45, 7) is 1.22. The molecule has 0 bridgehead atoms. The summed E-state index contributed by atoms with van der Waals surface area (Å²) >= 11 is 0. The van der Waals surface area contributed by atoms with Gasteiger partial charge in [0.25, 0.3) is 0 Å². The fourth-order valence-electron chi connectivity index (χ4n) is 4.23. The maximum atomic E-state index is 13.0. The number of sulfonamides is 1. The summed E-state index contributed by atoms with van der Waals surface area (Å²) in [7, 11) is -3.51. The summed E-state index contributed by atoms with van der Waals surface area (Å²) in [4.78, 5) is 12.6. The Labute approximate surface area is 178 Å². The van der Waals surface area contributed by atoms with E-state index in [0.717, 1.165) is 44.2 Å². The topological polar surface area (TPSA) is 78.5 Å². The van der Waals surface area contributed by atoms with Gasteiger partial charge in [-0.15, -0.1) is 0 Å². The standard InChI is InChI=1S/C23H29N3O3S/c27-23(25-21-12-11-18-7-5-8-19(18)15-21)17-24-20-9-6-10-22(16-20)30(28,29)26-13-3-1-2-4-14-26/h6,9-12,15-16,24H,1-5,7-8,13-14,17H2,(H,25,27). The van der Waals surface area contributed by atoms with E-state index < -0.39 is 10.0 Å². The Balaban J connectivity index is 1.37. The van der Waals surface area contributed by atoms with Gasteiger partial charge in [0.1, 0.15) is 0 Å². The first-order valence-corrected chi connectivity index (χ1v) is 12.2. The van der Waals surface area contributed by atoms with E-state index in [0.29, 0.717) is 18.8 Å². The summed E-state index contributed by atoms with van der Waals surface area (Å²) in [5.41, 5.74) is 4.11. The SMILES string of the molecule is O=C(CNc1cccc(S(=O)(=O)N2CCCCCC2)c1)Nc1ccc2c(c1)CCC2. The van der Waals surface area contributed by atoms with Crippen LogP contribution in [-0.2, 0) is 27.7 Å². The van der Waals surface area contributed by atoms with E-state index >= 15 is 0 Å². The van der Waals surface area contributed by atoms with Gasteiger partial charge in [0.15, 0.2) is 0 Å². The lowest BCUT2D eigenvalue weighted by Gasteiger charge is -2.20. The van der Waals surface area contributed by atoms with Crippen LogP contribution < -0.4 is 10.6 Å². The number of anilines is 2. The number of carbonyl (C=O) groups excluding carboxylic acids is 1. The molecule has 2 aromatic rings. The molecule has 160 valence electrons. The highest BCUT2D eigenvalue weighted by Crippen LogP contribution is 2.25. The summed E-state index contributed by atoms with van der Waals surface area (Å²) in [6, 6.07) is 12.8. The summed E-state index contributed by atoms with van der Waals surface area (Å²) in [5.74, 6) is -0.159. The van der Waals surface area contributed by atoms with Crippen molar-refractivity contribution in [1.29, 1.82) is 0 Å². The van der Waals surface area contributed by atoms with Crippen LogP contribution in [0.3, 0.4) is 0 Å². The molecule has 0 radical (unpaired) electrons. The molecule has 30 heavy (non-hydrogen) atoms. The lowest BCUT2D eigenvalue weighted by molar-refractivity contribution is -0.114. The van der Waals surface area contributed by atoms with E-state index in [9.17, 15) is 13.2 Å². The first kappa shape index (κ1) is 20.9. The number of fused-ring (bicyclic) bond motifs is 1. The van der Waals surface area contributed by atoms with Crippen LogP contribution in [0.1, 0.15) is 43.2 Å². The van der Waals surface area contributed by atoms with Crippen LogP contribution >= 0.6 is 0 Å². The van der Waals surface area contributed by atoms with Crippen molar-refractivity contribution in [2.45, 2.75) is 49.8 Å². The Morgan fingerprint density at radius 2 is 1.63 bits per heavy atom. The van der Waals surface area contributed by atoms with Crippen molar-refractivity contribution in [3.63, 3.8) is 0 Å². The molecule has 1 aliphatic carbocycles. The van der Waals surface area contributed by atoms with Crippen molar-refractivity contribution in [2.75, 3.05) is 30.3 Å². The number of aryl methyl sites for hydroxylation is 2. The van der Waals surface area contributed by atoms with Crippen molar-refractivity contribution in [1.82, 2.24) is 4.31 Å². The maximum Gasteiger partial charge on any atom is 0.243 e. The van der Waals surface area contributed by atoms with Crippen molar-refractivity contribution in [3.8, 4) is 0 Å². The first-order chi connectivity index (χ1) is 14.5. The minimum absolute atomic E-state index is 0.0737. The molecule has 1 heterocycles. The molecule has 1 fully saturated rings. The largest absolute Gasteiger partial charge is 0.376 e. The maximum absolute atomic E-state index is 13.0. The molecule has 0 unspecified atom stereocenters. The highest BCUT2D eigenvalue weighted by Gasteiger charge is 2.25. The molecule has 0 spiro atoms. The zero-order valence-electron chi connectivity index (χ0n) is 17.2. The number of hydrogen-bond donors (Lipinski definition) is 2. The third-order valence-electron chi connectivity index (χ3n) is 5.87. The molecule has 7 heteroatoms. The van der Waals surface area contributed by atoms with E-state index in [1.54, 1.807) is 28.6 Å². The van der Waals surface area contributed by atoms with E-state index in [-0.39, 0.29) is 17.3 Å². The summed E-state index contributed by atoms with van der Waals surface area (Å²) in [5, 5.41) is 5.97. The molecule has 1 saturated heterocycles. The second kappa shape index (κ2) is 9.18. The molecule has 1 aliphatic heterocycles. The number of amides is 1. The van der Waals surface area contributed by atoms with Gasteiger partial charge in [-0.2, -0.15) is 4.31 Å². The molecule has 6 nitrogen and oxygen atoms in total. The van der Waals surface area contributed by atoms with Gasteiger partial charge in [-0.1, -0.05) is 25.0 Å². The second-order valence-corrected chi connectivity index (χ2v) is 10.0. The van der Waals surface area contributed by atoms with E-state index in [1.807, 2.05) is 6.07 Å². The number of hydrogen-bond acceptors (Lipinski definition) is 4. The lowest BCUT2D eigenvalue weighted by Crippen LogP contribution is -2.32. The number of rotatable bonds is 6. The molecule has 0 aromatic heterocycles.